The topological polar surface area (TPSA) is 38.5 Å². The Morgan fingerprint density at radius 1 is 1.24 bits per heavy atom. The van der Waals surface area contributed by atoms with Crippen molar-refractivity contribution in [1.82, 2.24) is 4.90 Å². The van der Waals surface area contributed by atoms with Crippen molar-refractivity contribution >= 4 is 0 Å². The molecule has 0 heterocycles. The molecule has 0 amide bonds. The lowest BCUT2D eigenvalue weighted by Gasteiger charge is -2.39. The summed E-state index contributed by atoms with van der Waals surface area (Å²) in [6.45, 7) is 7.64. The number of hydrogen-bond donors (Lipinski definition) is 1. The molecule has 0 aliphatic heterocycles. The number of nitrogens with zero attached hydrogens (tertiary/aromatic N) is 1. The number of methoxy groups -OCH3 is 1. The van der Waals surface area contributed by atoms with Crippen molar-refractivity contribution in [2.24, 2.45) is 5.73 Å². The van der Waals surface area contributed by atoms with Gasteiger partial charge in [0.25, 0.3) is 0 Å². The highest BCUT2D eigenvalue weighted by molar-refractivity contribution is 5.23. The molecular weight excluding hydrogens is 267 g/mol. The molecule has 0 aromatic heterocycles. The van der Waals surface area contributed by atoms with Crippen LogP contribution in [0.4, 0.5) is 4.39 Å². The van der Waals surface area contributed by atoms with Crippen molar-refractivity contribution in [2.75, 3.05) is 20.3 Å². The summed E-state index contributed by atoms with van der Waals surface area (Å²) in [4.78, 5) is 2.30. The second-order valence-electron chi connectivity index (χ2n) is 5.53. The van der Waals surface area contributed by atoms with E-state index in [2.05, 4.69) is 18.7 Å². The summed E-state index contributed by atoms with van der Waals surface area (Å²) >= 11 is 0. The lowest BCUT2D eigenvalue weighted by Crippen LogP contribution is -2.46. The van der Waals surface area contributed by atoms with E-state index < -0.39 is 0 Å². The smallest absolute Gasteiger partial charge is 0.128 e. The molecule has 0 spiro atoms. The van der Waals surface area contributed by atoms with Crippen LogP contribution in [-0.4, -0.2) is 37.2 Å². The highest BCUT2D eigenvalue weighted by Crippen LogP contribution is 2.29. The predicted octanol–water partition coefficient (Wildman–Crippen LogP) is 3.35. The quantitative estimate of drug-likeness (QED) is 0.759. The first-order chi connectivity index (χ1) is 10.1. The molecule has 2 N–H and O–H groups in total. The fourth-order valence-corrected chi connectivity index (χ4v) is 2.98. The van der Waals surface area contributed by atoms with E-state index in [1.165, 1.54) is 6.07 Å². The Kier molecular flexibility index (Phi) is 7.86. The number of nitrogens with two attached hydrogens (primary N) is 1. The Hall–Kier alpha value is -0.970. The second-order valence-corrected chi connectivity index (χ2v) is 5.53. The summed E-state index contributed by atoms with van der Waals surface area (Å²) in [7, 11) is 1.69. The third kappa shape index (κ3) is 4.77. The number of halogens is 1. The van der Waals surface area contributed by atoms with Gasteiger partial charge in [-0.05, 0) is 25.8 Å². The third-order valence-electron chi connectivity index (χ3n) is 4.04. The molecule has 1 rings (SSSR count). The molecule has 4 heteroatoms. The zero-order chi connectivity index (χ0) is 15.8. The van der Waals surface area contributed by atoms with Gasteiger partial charge in [-0.2, -0.15) is 0 Å². The first kappa shape index (κ1) is 18.1. The predicted molar refractivity (Wildman–Crippen MR) is 85.7 cm³/mol. The molecule has 0 fully saturated rings. The first-order valence-corrected chi connectivity index (χ1v) is 7.81. The molecule has 0 aliphatic carbocycles. The van der Waals surface area contributed by atoms with Gasteiger partial charge < -0.3 is 10.5 Å². The molecule has 2 unspecified atom stereocenters. The van der Waals surface area contributed by atoms with Crippen molar-refractivity contribution in [2.45, 2.75) is 51.7 Å². The molecule has 3 nitrogen and oxygen atoms in total. The van der Waals surface area contributed by atoms with E-state index in [0.29, 0.717) is 18.2 Å². The van der Waals surface area contributed by atoms with Crippen LogP contribution in [0.5, 0.6) is 0 Å². The van der Waals surface area contributed by atoms with E-state index in [1.807, 2.05) is 19.1 Å². The highest BCUT2D eigenvalue weighted by Gasteiger charge is 2.30. The van der Waals surface area contributed by atoms with Gasteiger partial charge in [0.1, 0.15) is 5.82 Å². The van der Waals surface area contributed by atoms with E-state index in [4.69, 9.17) is 10.5 Å². The Morgan fingerprint density at radius 3 is 2.33 bits per heavy atom. The van der Waals surface area contributed by atoms with E-state index in [1.54, 1.807) is 13.2 Å². The molecule has 0 aliphatic rings. The summed E-state index contributed by atoms with van der Waals surface area (Å²) in [6, 6.07) is 7.02. The van der Waals surface area contributed by atoms with Crippen molar-refractivity contribution in [1.29, 1.82) is 0 Å². The van der Waals surface area contributed by atoms with Gasteiger partial charge in [-0.1, -0.05) is 32.0 Å². The zero-order valence-electron chi connectivity index (χ0n) is 13.7. The molecule has 1 aromatic rings. The average molecular weight is 296 g/mol. The molecule has 0 bridgehead atoms. The largest absolute Gasteiger partial charge is 0.383 e. The van der Waals surface area contributed by atoms with Crippen LogP contribution in [0.25, 0.3) is 0 Å². The van der Waals surface area contributed by atoms with Gasteiger partial charge in [0.05, 0.1) is 12.6 Å². The molecule has 0 saturated carbocycles. The van der Waals surface area contributed by atoms with Crippen LogP contribution >= 0.6 is 0 Å². The molecule has 0 saturated heterocycles. The fraction of sp³-hybridized carbons (Fsp3) is 0.647. The number of rotatable bonds is 9. The van der Waals surface area contributed by atoms with Gasteiger partial charge in [-0.15, -0.1) is 0 Å². The normalized spacial score (nSPS) is 14.7. The van der Waals surface area contributed by atoms with E-state index in [-0.39, 0.29) is 17.9 Å². The maximum Gasteiger partial charge on any atom is 0.128 e. The number of hydrogen-bond acceptors (Lipinski definition) is 3. The van der Waals surface area contributed by atoms with Gasteiger partial charge in [-0.3, -0.25) is 4.90 Å². The van der Waals surface area contributed by atoms with Crippen LogP contribution < -0.4 is 5.73 Å². The third-order valence-corrected chi connectivity index (χ3v) is 4.04. The van der Waals surface area contributed by atoms with Gasteiger partial charge in [0.2, 0.25) is 0 Å². The second kappa shape index (κ2) is 9.13. The Bertz CT molecular complexity index is 408. The van der Waals surface area contributed by atoms with E-state index in [9.17, 15) is 4.39 Å². The van der Waals surface area contributed by atoms with Crippen molar-refractivity contribution in [3.05, 3.63) is 35.6 Å². The summed E-state index contributed by atoms with van der Waals surface area (Å²) < 4.78 is 19.5. The first-order valence-electron chi connectivity index (χ1n) is 7.81. The Morgan fingerprint density at radius 2 is 1.86 bits per heavy atom. The summed E-state index contributed by atoms with van der Waals surface area (Å²) in [5.41, 5.74) is 6.88. The molecule has 120 valence electrons. The minimum atomic E-state index is -0.187. The van der Waals surface area contributed by atoms with Crippen LogP contribution in [0.15, 0.2) is 24.3 Å². The fourth-order valence-electron chi connectivity index (χ4n) is 2.98. The van der Waals surface area contributed by atoms with Crippen LogP contribution in [0.3, 0.4) is 0 Å². The van der Waals surface area contributed by atoms with Crippen molar-refractivity contribution < 1.29 is 9.13 Å². The van der Waals surface area contributed by atoms with Crippen LogP contribution in [-0.2, 0) is 4.74 Å². The lowest BCUT2D eigenvalue weighted by atomic mass is 9.95. The number of ether oxygens (including phenoxy) is 1. The summed E-state index contributed by atoms with van der Waals surface area (Å²) in [6.07, 6.45) is 2.02. The summed E-state index contributed by atoms with van der Waals surface area (Å²) in [5.74, 6) is -0.187. The van der Waals surface area contributed by atoms with Gasteiger partial charge in [0.15, 0.2) is 0 Å². The lowest BCUT2D eigenvalue weighted by molar-refractivity contribution is 0.0687. The van der Waals surface area contributed by atoms with Crippen molar-refractivity contribution in [3.8, 4) is 0 Å². The summed E-state index contributed by atoms with van der Waals surface area (Å²) in [5, 5.41) is 0. The Balaban J connectivity index is 3.16. The van der Waals surface area contributed by atoms with Crippen LogP contribution in [0, 0.1) is 5.82 Å². The standard InChI is InChI=1S/C17H29FN2O/c1-5-14(6-2)20(11-12-21-4)17(13(3)19)15-9-7-8-10-16(15)18/h7-10,13-14,17H,5-6,11-12,19H2,1-4H3. The molecular formula is C17H29FN2O. The monoisotopic (exact) mass is 296 g/mol. The zero-order valence-corrected chi connectivity index (χ0v) is 13.7. The van der Waals surface area contributed by atoms with Gasteiger partial charge in [0, 0.05) is 31.3 Å². The van der Waals surface area contributed by atoms with Crippen molar-refractivity contribution in [3.63, 3.8) is 0 Å². The van der Waals surface area contributed by atoms with Gasteiger partial charge >= 0.3 is 0 Å². The SMILES string of the molecule is CCC(CC)N(CCOC)C(c1ccccc1F)C(C)N. The minimum absolute atomic E-state index is 0.133. The molecule has 2 atom stereocenters. The average Bonchev–Trinajstić information content (AvgIpc) is 2.47. The number of benzene rings is 1. The molecule has 21 heavy (non-hydrogen) atoms. The van der Waals surface area contributed by atoms with Gasteiger partial charge in [-0.25, -0.2) is 4.39 Å². The van der Waals surface area contributed by atoms with Crippen LogP contribution in [0.2, 0.25) is 0 Å². The Labute approximate surface area is 128 Å². The van der Waals surface area contributed by atoms with E-state index in [0.717, 1.165) is 19.4 Å². The molecule has 0 radical (unpaired) electrons. The molecule has 1 aromatic carbocycles. The highest BCUT2D eigenvalue weighted by atomic mass is 19.1. The minimum Gasteiger partial charge on any atom is -0.383 e. The maximum atomic E-state index is 14.2. The van der Waals surface area contributed by atoms with E-state index >= 15 is 0 Å². The van der Waals surface area contributed by atoms with Crippen LogP contribution in [0.1, 0.15) is 45.2 Å². The maximum absolute atomic E-state index is 14.2.